The summed E-state index contributed by atoms with van der Waals surface area (Å²) in [6, 6.07) is 16.4. The number of H-pyrrole nitrogens is 1. The molecule has 2 aromatic carbocycles. The van der Waals surface area contributed by atoms with E-state index in [0.29, 0.717) is 29.6 Å². The zero-order chi connectivity index (χ0) is 26.8. The van der Waals surface area contributed by atoms with E-state index in [4.69, 9.17) is 14.5 Å². The lowest BCUT2D eigenvalue weighted by molar-refractivity contribution is -0.0708. The van der Waals surface area contributed by atoms with Crippen molar-refractivity contribution in [3.63, 3.8) is 0 Å². The van der Waals surface area contributed by atoms with Crippen LogP contribution in [0.25, 0.3) is 27.8 Å². The van der Waals surface area contributed by atoms with E-state index in [1.807, 2.05) is 12.4 Å². The number of anilines is 3. The van der Waals surface area contributed by atoms with Gasteiger partial charge in [-0.2, -0.15) is 5.10 Å². The number of benzene rings is 2. The monoisotopic (exact) mass is 536 g/mol. The van der Waals surface area contributed by atoms with Gasteiger partial charge in [-0.15, -0.1) is 0 Å². The lowest BCUT2D eigenvalue weighted by atomic mass is 10.1. The molecule has 0 saturated carbocycles. The highest BCUT2D eigenvalue weighted by molar-refractivity contribution is 5.85. The van der Waals surface area contributed by atoms with Gasteiger partial charge in [-0.1, -0.05) is 12.1 Å². The topological polar surface area (TPSA) is 95.8 Å². The summed E-state index contributed by atoms with van der Waals surface area (Å²) >= 11 is 0. The molecule has 3 fully saturated rings. The Kier molecular flexibility index (Phi) is 5.46. The van der Waals surface area contributed by atoms with Crippen molar-refractivity contribution >= 4 is 33.7 Å². The molecule has 2 unspecified atom stereocenters. The van der Waals surface area contributed by atoms with Gasteiger partial charge in [-0.05, 0) is 49.9 Å². The second-order valence-electron chi connectivity index (χ2n) is 11.3. The van der Waals surface area contributed by atoms with Crippen molar-refractivity contribution in [3.05, 3.63) is 61.2 Å². The molecule has 2 N–H and O–H groups in total. The van der Waals surface area contributed by atoms with Crippen molar-refractivity contribution in [1.29, 1.82) is 0 Å². The SMILES string of the molecule is CC(C)Oc1cc(Nc2nc(-c3ccc4cc[nH]c4c3)cn3ncnc23)ccc1N1CC2CC1CN2C1COC1. The van der Waals surface area contributed by atoms with E-state index >= 15 is 0 Å². The predicted octanol–water partition coefficient (Wildman–Crippen LogP) is 4.47. The fourth-order valence-electron chi connectivity index (χ4n) is 6.43. The van der Waals surface area contributed by atoms with E-state index in [-0.39, 0.29) is 6.10 Å². The Morgan fingerprint density at radius 1 is 1.05 bits per heavy atom. The normalized spacial score (nSPS) is 21.1. The summed E-state index contributed by atoms with van der Waals surface area (Å²) in [7, 11) is 0. The van der Waals surface area contributed by atoms with Crippen molar-refractivity contribution in [2.75, 3.05) is 36.5 Å². The molecule has 6 heterocycles. The van der Waals surface area contributed by atoms with Crippen LogP contribution in [0.5, 0.6) is 5.75 Å². The molecule has 3 aliphatic heterocycles. The third kappa shape index (κ3) is 3.98. The molecule has 0 radical (unpaired) electrons. The molecule has 3 aliphatic rings. The summed E-state index contributed by atoms with van der Waals surface area (Å²) < 4.78 is 13.6. The van der Waals surface area contributed by atoms with E-state index < -0.39 is 0 Å². The Balaban J connectivity index is 1.11. The molecule has 10 nitrogen and oxygen atoms in total. The van der Waals surface area contributed by atoms with Crippen molar-refractivity contribution in [2.24, 2.45) is 0 Å². The molecule has 10 heteroatoms. The quantitative estimate of drug-likeness (QED) is 0.315. The standard InChI is InChI=1S/C30H32N8O2/c1-18(2)40-28-10-21(5-6-27(28)37-13-22-11-23(37)12-36(22)24-15-39-16-24)34-29-30-32-17-33-38(30)14-26(35-29)20-4-3-19-7-8-31-25(19)9-20/h3-10,14,17-18,22-24,31H,11-13,15-16H2,1-2H3,(H,34,35). The number of piperazine rings is 1. The lowest BCUT2D eigenvalue weighted by Gasteiger charge is -2.43. The Morgan fingerprint density at radius 3 is 2.77 bits per heavy atom. The number of likely N-dealkylation sites (tertiary alicyclic amines) is 1. The average molecular weight is 537 g/mol. The summed E-state index contributed by atoms with van der Waals surface area (Å²) in [6.07, 6.45) is 6.67. The zero-order valence-corrected chi connectivity index (χ0v) is 22.6. The third-order valence-corrected chi connectivity index (χ3v) is 8.38. The summed E-state index contributed by atoms with van der Waals surface area (Å²) in [6.45, 7) is 8.02. The van der Waals surface area contributed by atoms with Gasteiger partial charge in [-0.25, -0.2) is 14.5 Å². The molecule has 2 bridgehead atoms. The van der Waals surface area contributed by atoms with Gasteiger partial charge < -0.3 is 24.7 Å². The van der Waals surface area contributed by atoms with Gasteiger partial charge in [0.05, 0.1) is 42.9 Å². The second kappa shape index (κ2) is 9.21. The molecule has 2 atom stereocenters. The number of nitrogens with zero attached hydrogens (tertiary/aromatic N) is 6. The van der Waals surface area contributed by atoms with E-state index in [0.717, 1.165) is 65.6 Å². The number of aromatic nitrogens is 5. The molecule has 0 spiro atoms. The smallest absolute Gasteiger partial charge is 0.198 e. The van der Waals surface area contributed by atoms with Gasteiger partial charge >= 0.3 is 0 Å². The maximum atomic E-state index is 6.38. The fourth-order valence-corrected chi connectivity index (χ4v) is 6.43. The van der Waals surface area contributed by atoms with Crippen LogP contribution in [-0.2, 0) is 4.74 Å². The van der Waals surface area contributed by atoms with Gasteiger partial charge in [0.25, 0.3) is 0 Å². The van der Waals surface area contributed by atoms with Crippen LogP contribution < -0.4 is 15.0 Å². The molecule has 0 aliphatic carbocycles. The number of nitrogens with one attached hydrogen (secondary N) is 2. The minimum atomic E-state index is 0.0602. The summed E-state index contributed by atoms with van der Waals surface area (Å²) in [5, 5.41) is 9.09. The van der Waals surface area contributed by atoms with Crippen LogP contribution >= 0.6 is 0 Å². The Hall–Kier alpha value is -4.15. The number of hydrogen-bond acceptors (Lipinski definition) is 8. The average Bonchev–Trinajstić information content (AvgIpc) is 3.71. The number of fused-ring (bicyclic) bond motifs is 4. The highest BCUT2D eigenvalue weighted by Gasteiger charge is 2.47. The van der Waals surface area contributed by atoms with Crippen molar-refractivity contribution in [3.8, 4) is 17.0 Å². The largest absolute Gasteiger partial charge is 0.489 e. The van der Waals surface area contributed by atoms with Crippen LogP contribution in [0.2, 0.25) is 0 Å². The van der Waals surface area contributed by atoms with Crippen LogP contribution in [0, 0.1) is 0 Å². The second-order valence-corrected chi connectivity index (χ2v) is 11.3. The lowest BCUT2D eigenvalue weighted by Crippen LogP contribution is -2.56. The van der Waals surface area contributed by atoms with Gasteiger partial charge in [0, 0.05) is 54.2 Å². The van der Waals surface area contributed by atoms with Crippen molar-refractivity contribution in [2.45, 2.75) is 44.5 Å². The van der Waals surface area contributed by atoms with E-state index in [2.05, 4.69) is 86.5 Å². The molecule has 8 rings (SSSR count). The summed E-state index contributed by atoms with van der Waals surface area (Å²) in [4.78, 5) is 17.9. The van der Waals surface area contributed by atoms with Crippen LogP contribution in [-0.4, -0.2) is 80.0 Å². The van der Waals surface area contributed by atoms with Crippen molar-refractivity contribution < 1.29 is 9.47 Å². The number of aromatic amines is 1. The molecule has 5 aromatic rings. The number of hydrogen-bond donors (Lipinski definition) is 2. The third-order valence-electron chi connectivity index (χ3n) is 8.38. The highest BCUT2D eigenvalue weighted by Crippen LogP contribution is 2.42. The van der Waals surface area contributed by atoms with Crippen LogP contribution in [0.1, 0.15) is 20.3 Å². The highest BCUT2D eigenvalue weighted by atomic mass is 16.5. The Bertz CT molecular complexity index is 1710. The summed E-state index contributed by atoms with van der Waals surface area (Å²) in [5.41, 5.74) is 5.59. The first-order valence-electron chi connectivity index (χ1n) is 14.0. The van der Waals surface area contributed by atoms with E-state index in [9.17, 15) is 0 Å². The molecule has 3 saturated heterocycles. The van der Waals surface area contributed by atoms with Crippen LogP contribution in [0.4, 0.5) is 17.2 Å². The molecular weight excluding hydrogens is 504 g/mol. The Morgan fingerprint density at radius 2 is 1.98 bits per heavy atom. The van der Waals surface area contributed by atoms with Crippen LogP contribution in [0.3, 0.4) is 0 Å². The molecular formula is C30H32N8O2. The van der Waals surface area contributed by atoms with Crippen LogP contribution in [0.15, 0.2) is 61.2 Å². The molecule has 0 amide bonds. The zero-order valence-electron chi connectivity index (χ0n) is 22.6. The van der Waals surface area contributed by atoms with Crippen molar-refractivity contribution in [1.82, 2.24) is 29.5 Å². The van der Waals surface area contributed by atoms with E-state index in [1.165, 1.54) is 6.42 Å². The minimum Gasteiger partial charge on any atom is -0.489 e. The van der Waals surface area contributed by atoms with E-state index in [1.54, 1.807) is 10.8 Å². The van der Waals surface area contributed by atoms with Gasteiger partial charge in [-0.3, -0.25) is 4.90 Å². The first-order valence-corrected chi connectivity index (χ1v) is 14.0. The fraction of sp³-hybridized carbons (Fsp3) is 0.367. The summed E-state index contributed by atoms with van der Waals surface area (Å²) in [5.74, 6) is 1.53. The maximum absolute atomic E-state index is 6.38. The number of rotatable bonds is 7. The molecule has 40 heavy (non-hydrogen) atoms. The predicted molar refractivity (Wildman–Crippen MR) is 154 cm³/mol. The first-order chi connectivity index (χ1) is 19.6. The van der Waals surface area contributed by atoms with Gasteiger partial charge in [0.15, 0.2) is 11.5 Å². The van der Waals surface area contributed by atoms with Gasteiger partial charge in [0.2, 0.25) is 0 Å². The Labute approximate surface area is 231 Å². The first kappa shape index (κ1) is 23.7. The van der Waals surface area contributed by atoms with Gasteiger partial charge in [0.1, 0.15) is 12.1 Å². The molecule has 204 valence electrons. The number of ether oxygens (including phenoxy) is 2. The minimum absolute atomic E-state index is 0.0602. The molecule has 3 aromatic heterocycles. The maximum Gasteiger partial charge on any atom is 0.198 e.